The number of carbonyl (C=O) groups excluding carboxylic acids is 3. The number of amides is 3. The second kappa shape index (κ2) is 22.3. The molecule has 0 saturated carbocycles. The first-order valence-electron chi connectivity index (χ1n) is 14.4. The SMILES string of the molecule is CCCCCCCCCCCCCCCC(=O)NC(CCCCN)C(=O)NC(CCS(C)(=O)=O)C(N)=O. The highest BCUT2D eigenvalue weighted by atomic mass is 32.2. The lowest BCUT2D eigenvalue weighted by Crippen LogP contribution is -2.53. The lowest BCUT2D eigenvalue weighted by Gasteiger charge is -2.22. The van der Waals surface area contributed by atoms with Gasteiger partial charge in [-0.3, -0.25) is 14.4 Å². The summed E-state index contributed by atoms with van der Waals surface area (Å²) in [6, 6.07) is -1.93. The van der Waals surface area contributed by atoms with E-state index in [4.69, 9.17) is 11.5 Å². The quantitative estimate of drug-likeness (QED) is 0.128. The average molecular weight is 547 g/mol. The summed E-state index contributed by atoms with van der Waals surface area (Å²) >= 11 is 0. The Kier molecular flexibility index (Phi) is 21.3. The molecular weight excluding hydrogens is 492 g/mol. The Balaban J connectivity index is 4.32. The second-order valence-corrected chi connectivity index (χ2v) is 12.5. The summed E-state index contributed by atoms with van der Waals surface area (Å²) in [6.45, 7) is 2.71. The highest BCUT2D eigenvalue weighted by molar-refractivity contribution is 7.90. The third-order valence-electron chi connectivity index (χ3n) is 6.54. The predicted octanol–water partition coefficient (Wildman–Crippen LogP) is 3.49. The van der Waals surface area contributed by atoms with Gasteiger partial charge in [0, 0.05) is 12.7 Å². The molecule has 0 aliphatic rings. The van der Waals surface area contributed by atoms with Crippen molar-refractivity contribution in [1.29, 1.82) is 0 Å². The number of sulfone groups is 1. The van der Waals surface area contributed by atoms with Gasteiger partial charge in [0.15, 0.2) is 0 Å². The molecule has 0 fully saturated rings. The summed E-state index contributed by atoms with van der Waals surface area (Å²) < 4.78 is 22.9. The van der Waals surface area contributed by atoms with Crippen molar-refractivity contribution in [2.45, 2.75) is 135 Å². The topological polar surface area (TPSA) is 161 Å². The molecule has 9 nitrogen and oxygen atoms in total. The van der Waals surface area contributed by atoms with Crippen LogP contribution in [-0.2, 0) is 24.2 Å². The Bertz CT molecular complexity index is 730. The summed E-state index contributed by atoms with van der Waals surface area (Å²) in [5, 5.41) is 5.29. The molecule has 218 valence electrons. The van der Waals surface area contributed by atoms with Crippen molar-refractivity contribution in [1.82, 2.24) is 10.6 Å². The van der Waals surface area contributed by atoms with E-state index in [0.29, 0.717) is 32.2 Å². The molecule has 0 aliphatic heterocycles. The van der Waals surface area contributed by atoms with Crippen LogP contribution in [0, 0.1) is 0 Å². The number of primary amides is 1. The van der Waals surface area contributed by atoms with E-state index in [1.165, 1.54) is 64.2 Å². The Morgan fingerprint density at radius 2 is 1.22 bits per heavy atom. The standard InChI is InChI=1S/C27H54N4O5S/c1-3-4-5-6-7-8-9-10-11-12-13-14-15-19-25(32)30-24(18-16-17-21-28)27(34)31-23(26(29)33)20-22-37(2,35)36/h23-24H,3-22,28H2,1-2H3,(H2,29,33)(H,30,32)(H,31,34). The summed E-state index contributed by atoms with van der Waals surface area (Å²) in [7, 11) is -3.32. The molecule has 0 rings (SSSR count). The molecule has 0 aromatic heterocycles. The zero-order valence-electron chi connectivity index (χ0n) is 23.4. The number of carbonyl (C=O) groups is 3. The minimum Gasteiger partial charge on any atom is -0.368 e. The van der Waals surface area contributed by atoms with Crippen molar-refractivity contribution in [2.24, 2.45) is 11.5 Å². The largest absolute Gasteiger partial charge is 0.368 e. The van der Waals surface area contributed by atoms with Crippen LogP contribution < -0.4 is 22.1 Å². The minimum absolute atomic E-state index is 0.109. The Morgan fingerprint density at radius 3 is 1.68 bits per heavy atom. The fourth-order valence-electron chi connectivity index (χ4n) is 4.22. The number of unbranched alkanes of at least 4 members (excludes halogenated alkanes) is 13. The van der Waals surface area contributed by atoms with E-state index in [9.17, 15) is 22.8 Å². The van der Waals surface area contributed by atoms with Crippen molar-refractivity contribution in [3.63, 3.8) is 0 Å². The van der Waals surface area contributed by atoms with Gasteiger partial charge in [-0.2, -0.15) is 0 Å². The number of nitrogens with two attached hydrogens (primary N) is 2. The predicted molar refractivity (Wildman–Crippen MR) is 151 cm³/mol. The van der Waals surface area contributed by atoms with Crippen molar-refractivity contribution >= 4 is 27.6 Å². The van der Waals surface area contributed by atoms with Crippen molar-refractivity contribution in [2.75, 3.05) is 18.6 Å². The summed E-state index contributed by atoms with van der Waals surface area (Å²) in [6.07, 6.45) is 18.9. The Morgan fingerprint density at radius 1 is 0.703 bits per heavy atom. The molecule has 6 N–H and O–H groups in total. The number of hydrogen-bond donors (Lipinski definition) is 4. The number of rotatable bonds is 25. The zero-order valence-corrected chi connectivity index (χ0v) is 24.2. The monoisotopic (exact) mass is 546 g/mol. The molecule has 0 bridgehead atoms. The first kappa shape index (κ1) is 35.3. The lowest BCUT2D eigenvalue weighted by molar-refractivity contribution is -0.131. The molecule has 0 heterocycles. The third-order valence-corrected chi connectivity index (χ3v) is 7.52. The van der Waals surface area contributed by atoms with Gasteiger partial charge in [0.05, 0.1) is 5.75 Å². The molecule has 10 heteroatoms. The maximum atomic E-state index is 12.8. The second-order valence-electron chi connectivity index (χ2n) is 10.3. The molecule has 0 aliphatic carbocycles. The van der Waals surface area contributed by atoms with Crippen LogP contribution in [0.15, 0.2) is 0 Å². The third kappa shape index (κ3) is 22.1. The first-order valence-corrected chi connectivity index (χ1v) is 16.4. The molecule has 0 spiro atoms. The van der Waals surface area contributed by atoms with Crippen molar-refractivity contribution in [3.8, 4) is 0 Å². The van der Waals surface area contributed by atoms with Gasteiger partial charge in [0.1, 0.15) is 21.9 Å². The fourth-order valence-corrected chi connectivity index (χ4v) is 4.89. The lowest BCUT2D eigenvalue weighted by atomic mass is 10.0. The summed E-state index contributed by atoms with van der Waals surface area (Å²) in [4.78, 5) is 37.0. The van der Waals surface area contributed by atoms with Crippen LogP contribution >= 0.6 is 0 Å². The van der Waals surface area contributed by atoms with Gasteiger partial charge >= 0.3 is 0 Å². The van der Waals surface area contributed by atoms with Gasteiger partial charge in [-0.15, -0.1) is 0 Å². The van der Waals surface area contributed by atoms with Crippen LogP contribution in [0.3, 0.4) is 0 Å². The van der Waals surface area contributed by atoms with Crippen LogP contribution in [0.1, 0.15) is 122 Å². The molecular formula is C27H54N4O5S. The van der Waals surface area contributed by atoms with E-state index < -0.39 is 33.7 Å². The van der Waals surface area contributed by atoms with Crippen LogP contribution in [0.25, 0.3) is 0 Å². The van der Waals surface area contributed by atoms with Gasteiger partial charge in [0.2, 0.25) is 17.7 Å². The Labute approximate surface area is 225 Å². The molecule has 0 saturated heterocycles. The Hall–Kier alpha value is -1.68. The first-order chi connectivity index (χ1) is 17.6. The normalized spacial score (nSPS) is 13.2. The van der Waals surface area contributed by atoms with E-state index in [1.807, 2.05) is 0 Å². The molecule has 37 heavy (non-hydrogen) atoms. The molecule has 2 unspecified atom stereocenters. The van der Waals surface area contributed by atoms with E-state index >= 15 is 0 Å². The van der Waals surface area contributed by atoms with Gasteiger partial charge in [-0.05, 0) is 38.6 Å². The number of hydrogen-bond acceptors (Lipinski definition) is 6. The van der Waals surface area contributed by atoms with Gasteiger partial charge in [-0.1, -0.05) is 84.0 Å². The summed E-state index contributed by atoms with van der Waals surface area (Å²) in [5.41, 5.74) is 10.9. The highest BCUT2D eigenvalue weighted by Gasteiger charge is 2.26. The summed E-state index contributed by atoms with van der Waals surface area (Å²) in [5.74, 6) is -1.82. The van der Waals surface area contributed by atoms with Crippen LogP contribution in [0.2, 0.25) is 0 Å². The van der Waals surface area contributed by atoms with Gasteiger partial charge < -0.3 is 22.1 Å². The number of nitrogens with one attached hydrogen (secondary N) is 2. The van der Waals surface area contributed by atoms with Crippen LogP contribution in [0.5, 0.6) is 0 Å². The molecule has 0 aromatic rings. The van der Waals surface area contributed by atoms with E-state index in [0.717, 1.165) is 25.5 Å². The van der Waals surface area contributed by atoms with E-state index in [1.54, 1.807) is 0 Å². The van der Waals surface area contributed by atoms with Gasteiger partial charge in [-0.25, -0.2) is 8.42 Å². The highest BCUT2D eigenvalue weighted by Crippen LogP contribution is 2.13. The minimum atomic E-state index is -3.32. The van der Waals surface area contributed by atoms with Crippen LogP contribution in [-0.4, -0.2) is 56.8 Å². The maximum Gasteiger partial charge on any atom is 0.243 e. The van der Waals surface area contributed by atoms with Crippen LogP contribution in [0.4, 0.5) is 0 Å². The molecule has 0 aromatic carbocycles. The zero-order chi connectivity index (χ0) is 27.9. The van der Waals surface area contributed by atoms with Gasteiger partial charge in [0.25, 0.3) is 0 Å². The van der Waals surface area contributed by atoms with E-state index in [-0.39, 0.29) is 18.1 Å². The molecule has 2 atom stereocenters. The van der Waals surface area contributed by atoms with E-state index in [2.05, 4.69) is 17.6 Å². The fraction of sp³-hybridized carbons (Fsp3) is 0.889. The smallest absolute Gasteiger partial charge is 0.243 e. The maximum absolute atomic E-state index is 12.8. The van der Waals surface area contributed by atoms with Crippen molar-refractivity contribution < 1.29 is 22.8 Å². The molecule has 3 amide bonds. The van der Waals surface area contributed by atoms with Crippen molar-refractivity contribution in [3.05, 3.63) is 0 Å². The average Bonchev–Trinajstić information content (AvgIpc) is 2.83. The molecule has 0 radical (unpaired) electrons.